The van der Waals surface area contributed by atoms with Gasteiger partial charge in [0.2, 0.25) is 5.54 Å². The molecule has 0 radical (unpaired) electrons. The molecule has 0 amide bonds. The van der Waals surface area contributed by atoms with Crippen LogP contribution in [0.2, 0.25) is 0 Å². The Bertz CT molecular complexity index is 1710. The standard InChI is InChI=1S/C27H23N4/c1-16-10-11-19-18-8-6-7-9-21(18)31-22-13-17(14-27(2,3)28-4)12-20-24(22)26(23(16)25(19)31)30(5)15-29-20/h6-13,15H,14H2,1-3,5H3/q+1. The van der Waals surface area contributed by atoms with Crippen LogP contribution in [-0.4, -0.2) is 14.9 Å². The van der Waals surface area contributed by atoms with Gasteiger partial charge in [0.1, 0.15) is 5.52 Å². The van der Waals surface area contributed by atoms with Crippen LogP contribution < -0.4 is 4.57 Å². The maximum Gasteiger partial charge on any atom is 0.287 e. The molecule has 3 aromatic heterocycles. The van der Waals surface area contributed by atoms with Crippen molar-refractivity contribution in [3.05, 3.63) is 77.4 Å². The SMILES string of the molecule is [C-]#[N+]C(C)(C)Cc1cc2nc[n+](C)c3c4c(C)ccc5c6ccccc6n(c(c1)c23)c54. The Hall–Kier alpha value is -3.71. The first kappa shape index (κ1) is 18.1. The molecule has 4 heteroatoms. The second-order valence-electron chi connectivity index (χ2n) is 9.32. The van der Waals surface area contributed by atoms with Gasteiger partial charge in [-0.25, -0.2) is 11.1 Å². The predicted molar refractivity (Wildman–Crippen MR) is 127 cm³/mol. The Balaban J connectivity index is 1.94. The third-order valence-corrected chi connectivity index (χ3v) is 6.58. The summed E-state index contributed by atoms with van der Waals surface area (Å²) in [5.74, 6) is 0. The number of pyridine rings is 1. The lowest BCUT2D eigenvalue weighted by molar-refractivity contribution is -0.646. The Morgan fingerprint density at radius 1 is 1.03 bits per heavy atom. The molecule has 3 aromatic carbocycles. The predicted octanol–water partition coefficient (Wildman–Crippen LogP) is 5.76. The van der Waals surface area contributed by atoms with Crippen LogP contribution in [0.15, 0.2) is 54.9 Å². The van der Waals surface area contributed by atoms with Crippen LogP contribution in [0.3, 0.4) is 0 Å². The molecule has 4 nitrogen and oxygen atoms in total. The molecule has 3 heterocycles. The molecule has 31 heavy (non-hydrogen) atoms. The zero-order valence-electron chi connectivity index (χ0n) is 18.2. The molecule has 0 bridgehead atoms. The van der Waals surface area contributed by atoms with E-state index >= 15 is 0 Å². The van der Waals surface area contributed by atoms with E-state index in [1.807, 2.05) is 20.2 Å². The summed E-state index contributed by atoms with van der Waals surface area (Å²) in [6, 6.07) is 17.6. The molecule has 0 aliphatic rings. The molecule has 0 aliphatic heterocycles. The highest BCUT2D eigenvalue weighted by Gasteiger charge is 2.27. The van der Waals surface area contributed by atoms with Gasteiger partial charge in [0.15, 0.2) is 5.52 Å². The molecule has 0 saturated heterocycles. The van der Waals surface area contributed by atoms with Crippen molar-refractivity contribution >= 4 is 49.1 Å². The number of hydrogen-bond donors (Lipinski definition) is 0. The number of para-hydroxylation sites is 1. The Kier molecular flexibility index (Phi) is 3.46. The summed E-state index contributed by atoms with van der Waals surface area (Å²) < 4.78 is 4.57. The number of benzene rings is 3. The summed E-state index contributed by atoms with van der Waals surface area (Å²) in [6.07, 6.45) is 2.61. The Morgan fingerprint density at radius 2 is 1.84 bits per heavy atom. The molecular weight excluding hydrogens is 380 g/mol. The summed E-state index contributed by atoms with van der Waals surface area (Å²) in [5.41, 5.74) is 7.82. The first-order chi connectivity index (χ1) is 14.9. The Morgan fingerprint density at radius 3 is 2.65 bits per heavy atom. The normalized spacial score (nSPS) is 12.6. The van der Waals surface area contributed by atoms with Crippen LogP contribution in [0, 0.1) is 13.5 Å². The fraction of sp³-hybridized carbons (Fsp3) is 0.222. The van der Waals surface area contributed by atoms with Gasteiger partial charge in [0.05, 0.1) is 35.4 Å². The summed E-state index contributed by atoms with van der Waals surface area (Å²) >= 11 is 0. The summed E-state index contributed by atoms with van der Waals surface area (Å²) in [4.78, 5) is 8.65. The quantitative estimate of drug-likeness (QED) is 0.156. The van der Waals surface area contributed by atoms with E-state index in [0.29, 0.717) is 6.42 Å². The van der Waals surface area contributed by atoms with Gasteiger partial charge >= 0.3 is 0 Å². The number of rotatable bonds is 2. The van der Waals surface area contributed by atoms with Crippen molar-refractivity contribution in [3.63, 3.8) is 0 Å². The number of aryl methyl sites for hydroxylation is 2. The van der Waals surface area contributed by atoms with Crippen LogP contribution in [-0.2, 0) is 13.5 Å². The number of fused-ring (bicyclic) bond motifs is 5. The lowest BCUT2D eigenvalue weighted by Crippen LogP contribution is -2.30. The minimum absolute atomic E-state index is 0.445. The number of nitrogens with zero attached hydrogens (tertiary/aromatic N) is 4. The average molecular weight is 404 g/mol. The van der Waals surface area contributed by atoms with Gasteiger partial charge in [0.25, 0.3) is 6.33 Å². The van der Waals surface area contributed by atoms with Gasteiger partial charge in [-0.15, -0.1) is 0 Å². The lowest BCUT2D eigenvalue weighted by Gasteiger charge is -2.15. The maximum atomic E-state index is 7.59. The average Bonchev–Trinajstić information content (AvgIpc) is 3.09. The topological polar surface area (TPSA) is 25.5 Å². The highest BCUT2D eigenvalue weighted by molar-refractivity contribution is 6.25. The summed E-state index contributed by atoms with van der Waals surface area (Å²) in [5, 5.41) is 5.00. The van der Waals surface area contributed by atoms with E-state index in [-0.39, 0.29) is 0 Å². The van der Waals surface area contributed by atoms with Gasteiger partial charge in [-0.2, -0.15) is 0 Å². The zero-order valence-corrected chi connectivity index (χ0v) is 18.2. The number of hydrogen-bond acceptors (Lipinski definition) is 1. The lowest BCUT2D eigenvalue weighted by atomic mass is 9.93. The molecule has 0 aliphatic carbocycles. The molecule has 6 aromatic rings. The Labute approximate surface area is 180 Å². The van der Waals surface area contributed by atoms with Gasteiger partial charge in [-0.05, 0) is 41.2 Å². The minimum Gasteiger partial charge on any atom is -0.311 e. The minimum atomic E-state index is -0.445. The van der Waals surface area contributed by atoms with Crippen LogP contribution in [0.25, 0.3) is 54.0 Å². The van der Waals surface area contributed by atoms with Crippen LogP contribution >= 0.6 is 0 Å². The van der Waals surface area contributed by atoms with Crippen LogP contribution in [0.5, 0.6) is 0 Å². The third-order valence-electron chi connectivity index (χ3n) is 6.58. The number of aromatic nitrogens is 3. The smallest absolute Gasteiger partial charge is 0.287 e. The van der Waals surface area contributed by atoms with Crippen molar-refractivity contribution in [1.29, 1.82) is 0 Å². The van der Waals surface area contributed by atoms with E-state index in [2.05, 4.69) is 76.3 Å². The summed E-state index contributed by atoms with van der Waals surface area (Å²) in [6.45, 7) is 13.8. The van der Waals surface area contributed by atoms with E-state index in [0.717, 1.165) is 16.6 Å². The molecule has 150 valence electrons. The monoisotopic (exact) mass is 403 g/mol. The van der Waals surface area contributed by atoms with Gasteiger partial charge < -0.3 is 9.25 Å². The van der Waals surface area contributed by atoms with Gasteiger partial charge in [-0.3, -0.25) is 0 Å². The fourth-order valence-electron chi connectivity index (χ4n) is 5.22. The molecule has 6 rings (SSSR count). The van der Waals surface area contributed by atoms with Crippen molar-refractivity contribution in [2.45, 2.75) is 32.7 Å². The van der Waals surface area contributed by atoms with Gasteiger partial charge in [-0.1, -0.05) is 30.3 Å². The molecule has 0 fully saturated rings. The maximum absolute atomic E-state index is 7.59. The van der Waals surface area contributed by atoms with E-state index < -0.39 is 5.54 Å². The molecule has 0 N–H and O–H groups in total. The zero-order chi connectivity index (χ0) is 21.5. The molecule has 0 atom stereocenters. The van der Waals surface area contributed by atoms with E-state index in [1.54, 1.807) is 0 Å². The molecule has 0 saturated carbocycles. The first-order valence-corrected chi connectivity index (χ1v) is 10.6. The first-order valence-electron chi connectivity index (χ1n) is 10.6. The van der Waals surface area contributed by atoms with E-state index in [9.17, 15) is 0 Å². The highest BCUT2D eigenvalue weighted by Crippen LogP contribution is 2.40. The van der Waals surface area contributed by atoms with E-state index in [4.69, 9.17) is 11.6 Å². The highest BCUT2D eigenvalue weighted by atomic mass is 15.0. The largest absolute Gasteiger partial charge is 0.311 e. The van der Waals surface area contributed by atoms with Crippen molar-refractivity contribution in [2.75, 3.05) is 0 Å². The molecule has 0 unspecified atom stereocenters. The van der Waals surface area contributed by atoms with Crippen molar-refractivity contribution in [2.24, 2.45) is 7.05 Å². The summed E-state index contributed by atoms with van der Waals surface area (Å²) in [7, 11) is 2.08. The second kappa shape index (κ2) is 5.92. The second-order valence-corrected chi connectivity index (χ2v) is 9.32. The third kappa shape index (κ3) is 2.35. The van der Waals surface area contributed by atoms with Crippen molar-refractivity contribution < 1.29 is 4.57 Å². The van der Waals surface area contributed by atoms with Gasteiger partial charge in [0, 0.05) is 30.0 Å². The van der Waals surface area contributed by atoms with Crippen molar-refractivity contribution in [3.8, 4) is 0 Å². The van der Waals surface area contributed by atoms with E-state index in [1.165, 1.54) is 43.7 Å². The van der Waals surface area contributed by atoms with Crippen molar-refractivity contribution in [1.82, 2.24) is 9.38 Å². The van der Waals surface area contributed by atoms with Crippen LogP contribution in [0.1, 0.15) is 25.0 Å². The fourth-order valence-corrected chi connectivity index (χ4v) is 5.22. The molecular formula is C27H23N4+. The molecule has 0 spiro atoms. The van der Waals surface area contributed by atoms with Crippen LogP contribution in [0.4, 0.5) is 0 Å².